The van der Waals surface area contributed by atoms with Gasteiger partial charge in [0, 0.05) is 4.47 Å². The lowest BCUT2D eigenvalue weighted by atomic mass is 10.3. The number of hydrogen-bond acceptors (Lipinski definition) is 1. The van der Waals surface area contributed by atoms with Crippen molar-refractivity contribution in [1.29, 1.82) is 0 Å². The van der Waals surface area contributed by atoms with E-state index in [2.05, 4.69) is 20.7 Å². The third-order valence-electron chi connectivity index (χ3n) is 2.03. The highest BCUT2D eigenvalue weighted by molar-refractivity contribution is 9.10. The van der Waals surface area contributed by atoms with E-state index in [1.54, 1.807) is 0 Å². The lowest BCUT2D eigenvalue weighted by molar-refractivity contribution is 0.686. The van der Waals surface area contributed by atoms with Crippen LogP contribution < -0.4 is 4.72 Å². The molecule has 0 bridgehead atoms. The molecule has 0 saturated heterocycles. The van der Waals surface area contributed by atoms with Crippen LogP contribution in [0.4, 0.5) is 5.69 Å². The Morgan fingerprint density at radius 2 is 1.56 bits per heavy atom. The molecule has 2 nitrogen and oxygen atoms in total. The van der Waals surface area contributed by atoms with E-state index in [0.29, 0.717) is 0 Å². The van der Waals surface area contributed by atoms with E-state index < -0.39 is 11.0 Å². The number of rotatable bonds is 3. The Morgan fingerprint density at radius 1 is 0.938 bits per heavy atom. The number of hydrogen-bond donors (Lipinski definition) is 1. The number of anilines is 1. The Kier molecular flexibility index (Phi) is 3.74. The summed E-state index contributed by atoms with van der Waals surface area (Å²) in [6, 6.07) is 16.9. The molecule has 4 heteroatoms. The Hall–Kier alpha value is -1.13. The molecule has 0 aliphatic carbocycles. The molecule has 0 unspecified atom stereocenters. The molecule has 1 atom stereocenters. The molecular formula is C12H10BrNOS. The van der Waals surface area contributed by atoms with E-state index in [4.69, 9.17) is 0 Å². The Morgan fingerprint density at radius 3 is 2.25 bits per heavy atom. The molecule has 0 aromatic heterocycles. The lowest BCUT2D eigenvalue weighted by Crippen LogP contribution is -2.04. The zero-order valence-electron chi connectivity index (χ0n) is 8.39. The summed E-state index contributed by atoms with van der Waals surface area (Å²) in [5.74, 6) is 0. The summed E-state index contributed by atoms with van der Waals surface area (Å²) in [6.45, 7) is 0. The minimum Gasteiger partial charge on any atom is -0.300 e. The van der Waals surface area contributed by atoms with Crippen LogP contribution >= 0.6 is 15.9 Å². The predicted molar refractivity (Wildman–Crippen MR) is 70.6 cm³/mol. The summed E-state index contributed by atoms with van der Waals surface area (Å²) in [5.41, 5.74) is 0.824. The van der Waals surface area contributed by atoms with E-state index in [-0.39, 0.29) is 0 Å². The summed E-state index contributed by atoms with van der Waals surface area (Å²) >= 11 is 3.40. The van der Waals surface area contributed by atoms with Gasteiger partial charge in [-0.05, 0) is 40.2 Å². The van der Waals surface area contributed by atoms with Crippen molar-refractivity contribution < 1.29 is 4.21 Å². The van der Waals surface area contributed by atoms with Gasteiger partial charge in [-0.2, -0.15) is 0 Å². The van der Waals surface area contributed by atoms with Crippen molar-refractivity contribution in [2.45, 2.75) is 4.90 Å². The van der Waals surface area contributed by atoms with Crippen molar-refractivity contribution >= 4 is 32.6 Å². The van der Waals surface area contributed by atoms with Gasteiger partial charge in [0.25, 0.3) is 0 Å². The number of benzene rings is 2. The van der Waals surface area contributed by atoms with Gasteiger partial charge < -0.3 is 4.72 Å². The fourth-order valence-corrected chi connectivity index (χ4v) is 2.66. The molecule has 0 aliphatic heterocycles. The van der Waals surface area contributed by atoms with E-state index >= 15 is 0 Å². The fourth-order valence-electron chi connectivity index (χ4n) is 1.25. The monoisotopic (exact) mass is 295 g/mol. The Labute approximate surface area is 105 Å². The first-order valence-electron chi connectivity index (χ1n) is 4.75. The van der Waals surface area contributed by atoms with Crippen LogP contribution in [-0.2, 0) is 11.0 Å². The van der Waals surface area contributed by atoms with Gasteiger partial charge in [-0.1, -0.05) is 30.3 Å². The molecule has 2 aromatic carbocycles. The van der Waals surface area contributed by atoms with E-state index in [0.717, 1.165) is 15.1 Å². The average Bonchev–Trinajstić information content (AvgIpc) is 2.33. The molecule has 0 heterocycles. The molecule has 16 heavy (non-hydrogen) atoms. The molecule has 0 aliphatic rings. The van der Waals surface area contributed by atoms with Crippen molar-refractivity contribution in [3.05, 3.63) is 59.1 Å². The number of nitrogens with one attached hydrogen (secondary N) is 1. The third-order valence-corrected chi connectivity index (χ3v) is 3.83. The molecule has 2 rings (SSSR count). The van der Waals surface area contributed by atoms with Crippen LogP contribution in [0.15, 0.2) is 64.0 Å². The van der Waals surface area contributed by atoms with Crippen LogP contribution in [0.2, 0.25) is 0 Å². The van der Waals surface area contributed by atoms with Crippen LogP contribution in [0, 0.1) is 0 Å². The first-order chi connectivity index (χ1) is 7.77. The SMILES string of the molecule is O=[S@](Nc1ccccc1Br)c1ccccc1. The average molecular weight is 296 g/mol. The number of para-hydroxylation sites is 1. The van der Waals surface area contributed by atoms with Crippen LogP contribution in [0.25, 0.3) is 0 Å². The summed E-state index contributed by atoms with van der Waals surface area (Å²) in [4.78, 5) is 0.762. The van der Waals surface area contributed by atoms with Gasteiger partial charge in [0.2, 0.25) is 0 Å². The minimum atomic E-state index is -1.22. The smallest absolute Gasteiger partial charge is 0.150 e. The molecule has 0 spiro atoms. The quantitative estimate of drug-likeness (QED) is 0.921. The number of halogens is 1. The van der Waals surface area contributed by atoms with Crippen molar-refractivity contribution in [3.8, 4) is 0 Å². The highest BCUT2D eigenvalue weighted by Crippen LogP contribution is 2.22. The van der Waals surface area contributed by atoms with Gasteiger partial charge in [-0.3, -0.25) is 0 Å². The topological polar surface area (TPSA) is 29.1 Å². The third kappa shape index (κ3) is 2.71. The largest absolute Gasteiger partial charge is 0.300 e. The van der Waals surface area contributed by atoms with Crippen molar-refractivity contribution in [2.24, 2.45) is 0 Å². The molecule has 2 aromatic rings. The van der Waals surface area contributed by atoms with Crippen LogP contribution in [0.3, 0.4) is 0 Å². The minimum absolute atomic E-state index is 0.762. The van der Waals surface area contributed by atoms with E-state index in [9.17, 15) is 4.21 Å². The molecule has 0 radical (unpaired) electrons. The maximum Gasteiger partial charge on any atom is 0.150 e. The molecule has 0 fully saturated rings. The van der Waals surface area contributed by atoms with Gasteiger partial charge in [0.15, 0.2) is 0 Å². The van der Waals surface area contributed by atoms with Crippen LogP contribution in [0.1, 0.15) is 0 Å². The lowest BCUT2D eigenvalue weighted by Gasteiger charge is -2.07. The maximum absolute atomic E-state index is 11.9. The van der Waals surface area contributed by atoms with Gasteiger partial charge in [-0.15, -0.1) is 0 Å². The molecule has 0 amide bonds. The first-order valence-corrected chi connectivity index (χ1v) is 6.69. The second kappa shape index (κ2) is 5.27. The molecular weight excluding hydrogens is 286 g/mol. The van der Waals surface area contributed by atoms with E-state index in [1.165, 1.54) is 0 Å². The Balaban J connectivity index is 2.18. The summed E-state index contributed by atoms with van der Waals surface area (Å²) in [5, 5.41) is 0. The Bertz CT molecular complexity index is 501. The fraction of sp³-hybridized carbons (Fsp3) is 0. The zero-order chi connectivity index (χ0) is 11.4. The highest BCUT2D eigenvalue weighted by Gasteiger charge is 2.04. The maximum atomic E-state index is 11.9. The molecule has 1 N–H and O–H groups in total. The highest BCUT2D eigenvalue weighted by atomic mass is 79.9. The second-order valence-corrected chi connectivity index (χ2v) is 5.23. The van der Waals surface area contributed by atoms with Crippen molar-refractivity contribution in [2.75, 3.05) is 4.72 Å². The summed E-state index contributed by atoms with van der Waals surface area (Å²) in [7, 11) is -1.22. The van der Waals surface area contributed by atoms with Gasteiger partial charge in [0.05, 0.1) is 10.6 Å². The van der Waals surface area contributed by atoms with E-state index in [1.807, 2.05) is 54.6 Å². The summed E-state index contributed by atoms with van der Waals surface area (Å²) in [6.07, 6.45) is 0. The molecule has 0 saturated carbocycles. The summed E-state index contributed by atoms with van der Waals surface area (Å²) < 4.78 is 15.8. The zero-order valence-corrected chi connectivity index (χ0v) is 10.8. The first kappa shape index (κ1) is 11.4. The molecule has 82 valence electrons. The van der Waals surface area contributed by atoms with Crippen LogP contribution in [0.5, 0.6) is 0 Å². The van der Waals surface area contributed by atoms with Crippen molar-refractivity contribution in [1.82, 2.24) is 0 Å². The van der Waals surface area contributed by atoms with Gasteiger partial charge >= 0.3 is 0 Å². The predicted octanol–water partition coefficient (Wildman–Crippen LogP) is 3.58. The second-order valence-electron chi connectivity index (χ2n) is 3.16. The normalized spacial score (nSPS) is 12.1. The van der Waals surface area contributed by atoms with Crippen LogP contribution in [-0.4, -0.2) is 4.21 Å². The van der Waals surface area contributed by atoms with Crippen molar-refractivity contribution in [3.63, 3.8) is 0 Å². The standard InChI is InChI=1S/C12H10BrNOS/c13-11-8-4-5-9-12(11)14-16(15)10-6-2-1-3-7-10/h1-9,14H/t16-/m0/s1. The van der Waals surface area contributed by atoms with Gasteiger partial charge in [0.1, 0.15) is 11.0 Å². The van der Waals surface area contributed by atoms with Gasteiger partial charge in [-0.25, -0.2) is 4.21 Å².